The SMILES string of the molecule is CC1CCN(c2ccc(N3CCN(C(=O)CC4CCCCC4)CC3)nn2)CC1. The molecule has 0 aromatic carbocycles. The molecule has 3 aliphatic rings. The number of nitrogens with zero attached hydrogens (tertiary/aromatic N) is 5. The van der Waals surface area contributed by atoms with Gasteiger partial charge in [0.05, 0.1) is 0 Å². The van der Waals surface area contributed by atoms with Crippen molar-refractivity contribution in [3.8, 4) is 0 Å². The van der Waals surface area contributed by atoms with E-state index in [4.69, 9.17) is 0 Å². The molecule has 28 heavy (non-hydrogen) atoms. The van der Waals surface area contributed by atoms with Gasteiger partial charge in [-0.3, -0.25) is 4.79 Å². The minimum absolute atomic E-state index is 0.354. The standard InChI is InChI=1S/C22H35N5O/c1-18-9-11-25(12-10-18)20-7-8-21(24-23-20)26-13-15-27(16-14-26)22(28)17-19-5-3-2-4-6-19/h7-8,18-19H,2-6,9-17H2,1H3. The van der Waals surface area contributed by atoms with Crippen LogP contribution < -0.4 is 9.80 Å². The number of carbonyl (C=O) groups excluding carboxylic acids is 1. The Kier molecular flexibility index (Phi) is 6.33. The molecule has 4 rings (SSSR count). The van der Waals surface area contributed by atoms with Crippen LogP contribution in [0.2, 0.25) is 0 Å². The minimum atomic E-state index is 0.354. The Labute approximate surface area is 169 Å². The van der Waals surface area contributed by atoms with Gasteiger partial charge in [-0.1, -0.05) is 26.2 Å². The lowest BCUT2D eigenvalue weighted by molar-refractivity contribution is -0.132. The molecule has 1 aromatic heterocycles. The number of anilines is 2. The summed E-state index contributed by atoms with van der Waals surface area (Å²) in [5.74, 6) is 3.73. The zero-order chi connectivity index (χ0) is 19.3. The average molecular weight is 386 g/mol. The average Bonchev–Trinajstić information content (AvgIpc) is 2.75. The first kappa shape index (κ1) is 19.5. The molecule has 0 bridgehead atoms. The highest BCUT2D eigenvalue weighted by Gasteiger charge is 2.25. The van der Waals surface area contributed by atoms with Crippen molar-refractivity contribution in [2.24, 2.45) is 11.8 Å². The predicted octanol–water partition coefficient (Wildman–Crippen LogP) is 3.33. The molecule has 6 heteroatoms. The Bertz CT molecular complexity index is 627. The third-order valence-corrected chi connectivity index (χ3v) is 6.89. The van der Waals surface area contributed by atoms with Gasteiger partial charge >= 0.3 is 0 Å². The van der Waals surface area contributed by atoms with Crippen LogP contribution >= 0.6 is 0 Å². The molecule has 0 unspecified atom stereocenters. The molecule has 1 aliphatic carbocycles. The summed E-state index contributed by atoms with van der Waals surface area (Å²) in [5.41, 5.74) is 0. The van der Waals surface area contributed by atoms with Crippen molar-refractivity contribution in [1.29, 1.82) is 0 Å². The molecule has 0 radical (unpaired) electrons. The maximum Gasteiger partial charge on any atom is 0.222 e. The van der Waals surface area contributed by atoms with Gasteiger partial charge in [0.2, 0.25) is 5.91 Å². The van der Waals surface area contributed by atoms with Gasteiger partial charge in [-0.25, -0.2) is 0 Å². The summed E-state index contributed by atoms with van der Waals surface area (Å²) in [4.78, 5) is 19.3. The fraction of sp³-hybridized carbons (Fsp3) is 0.773. The first-order valence-electron chi connectivity index (χ1n) is 11.3. The van der Waals surface area contributed by atoms with Gasteiger partial charge in [0.15, 0.2) is 11.6 Å². The Balaban J connectivity index is 1.26. The number of piperazine rings is 1. The first-order chi connectivity index (χ1) is 13.7. The molecule has 154 valence electrons. The third-order valence-electron chi connectivity index (χ3n) is 6.89. The van der Waals surface area contributed by atoms with Crippen molar-refractivity contribution in [1.82, 2.24) is 15.1 Å². The van der Waals surface area contributed by atoms with Crippen LogP contribution in [-0.4, -0.2) is 60.3 Å². The van der Waals surface area contributed by atoms with E-state index in [0.29, 0.717) is 11.8 Å². The Morgan fingerprint density at radius 2 is 1.43 bits per heavy atom. The van der Waals surface area contributed by atoms with E-state index < -0.39 is 0 Å². The Hall–Kier alpha value is -1.85. The van der Waals surface area contributed by atoms with Crippen LogP contribution in [0.15, 0.2) is 12.1 Å². The molecule has 3 heterocycles. The molecule has 2 aliphatic heterocycles. The van der Waals surface area contributed by atoms with Crippen LogP contribution in [-0.2, 0) is 4.79 Å². The van der Waals surface area contributed by atoms with Gasteiger partial charge in [-0.15, -0.1) is 10.2 Å². The second kappa shape index (κ2) is 9.10. The quantitative estimate of drug-likeness (QED) is 0.796. The molecule has 0 atom stereocenters. The molecule has 1 amide bonds. The highest BCUT2D eigenvalue weighted by molar-refractivity contribution is 5.76. The zero-order valence-electron chi connectivity index (χ0n) is 17.4. The summed E-state index contributed by atoms with van der Waals surface area (Å²) in [6.45, 7) is 7.80. The van der Waals surface area contributed by atoms with E-state index in [9.17, 15) is 4.79 Å². The van der Waals surface area contributed by atoms with Crippen molar-refractivity contribution in [2.75, 3.05) is 49.1 Å². The summed E-state index contributed by atoms with van der Waals surface area (Å²) < 4.78 is 0. The summed E-state index contributed by atoms with van der Waals surface area (Å²) in [7, 11) is 0. The lowest BCUT2D eigenvalue weighted by atomic mass is 9.86. The fourth-order valence-corrected chi connectivity index (χ4v) is 4.85. The van der Waals surface area contributed by atoms with Crippen molar-refractivity contribution >= 4 is 17.5 Å². The number of piperidine rings is 1. The lowest BCUT2D eigenvalue weighted by Crippen LogP contribution is -2.49. The lowest BCUT2D eigenvalue weighted by Gasteiger charge is -2.36. The summed E-state index contributed by atoms with van der Waals surface area (Å²) in [5, 5.41) is 8.98. The molecule has 3 fully saturated rings. The topological polar surface area (TPSA) is 52.6 Å². The fourth-order valence-electron chi connectivity index (χ4n) is 4.85. The number of rotatable bonds is 4. The van der Waals surface area contributed by atoms with Crippen LogP contribution in [0.5, 0.6) is 0 Å². The van der Waals surface area contributed by atoms with E-state index in [2.05, 4.69) is 44.0 Å². The van der Waals surface area contributed by atoms with Gasteiger partial charge in [-0.2, -0.15) is 0 Å². The van der Waals surface area contributed by atoms with Crippen molar-refractivity contribution in [3.05, 3.63) is 12.1 Å². The number of amides is 1. The summed E-state index contributed by atoms with van der Waals surface area (Å²) in [6.07, 6.45) is 9.66. The predicted molar refractivity (Wildman–Crippen MR) is 113 cm³/mol. The third kappa shape index (κ3) is 4.76. The van der Waals surface area contributed by atoms with Crippen LogP contribution in [0.3, 0.4) is 0 Å². The summed E-state index contributed by atoms with van der Waals surface area (Å²) >= 11 is 0. The molecule has 1 saturated carbocycles. The van der Waals surface area contributed by atoms with Gasteiger partial charge in [0.1, 0.15) is 0 Å². The summed E-state index contributed by atoms with van der Waals surface area (Å²) in [6, 6.07) is 4.21. The molecule has 1 aromatic rings. The Morgan fingerprint density at radius 1 is 0.857 bits per heavy atom. The van der Waals surface area contributed by atoms with Gasteiger partial charge in [0, 0.05) is 45.7 Å². The van der Waals surface area contributed by atoms with E-state index in [-0.39, 0.29) is 0 Å². The molecule has 2 saturated heterocycles. The second-order valence-corrected chi connectivity index (χ2v) is 9.00. The highest BCUT2D eigenvalue weighted by atomic mass is 16.2. The maximum atomic E-state index is 12.6. The Morgan fingerprint density at radius 3 is 2.00 bits per heavy atom. The van der Waals surface area contributed by atoms with Crippen molar-refractivity contribution in [2.45, 2.75) is 58.3 Å². The molecular weight excluding hydrogens is 350 g/mol. The normalized spacial score (nSPS) is 22.5. The molecule has 0 N–H and O–H groups in total. The smallest absolute Gasteiger partial charge is 0.222 e. The van der Waals surface area contributed by atoms with E-state index in [0.717, 1.165) is 63.2 Å². The first-order valence-corrected chi connectivity index (χ1v) is 11.3. The van der Waals surface area contributed by atoms with E-state index in [1.165, 1.54) is 44.9 Å². The number of aromatic nitrogens is 2. The van der Waals surface area contributed by atoms with Gasteiger partial charge in [-0.05, 0) is 49.7 Å². The van der Waals surface area contributed by atoms with Gasteiger partial charge < -0.3 is 14.7 Å². The number of hydrogen-bond donors (Lipinski definition) is 0. The largest absolute Gasteiger partial charge is 0.355 e. The van der Waals surface area contributed by atoms with E-state index in [1.54, 1.807) is 0 Å². The van der Waals surface area contributed by atoms with E-state index >= 15 is 0 Å². The van der Waals surface area contributed by atoms with Crippen molar-refractivity contribution in [3.63, 3.8) is 0 Å². The zero-order valence-corrected chi connectivity index (χ0v) is 17.4. The molecule has 6 nitrogen and oxygen atoms in total. The molecular formula is C22H35N5O. The minimum Gasteiger partial charge on any atom is -0.355 e. The van der Waals surface area contributed by atoms with Crippen LogP contribution in [0.1, 0.15) is 58.3 Å². The van der Waals surface area contributed by atoms with Crippen LogP contribution in [0.4, 0.5) is 11.6 Å². The van der Waals surface area contributed by atoms with Crippen LogP contribution in [0, 0.1) is 11.8 Å². The monoisotopic (exact) mass is 385 g/mol. The highest BCUT2D eigenvalue weighted by Crippen LogP contribution is 2.27. The maximum absolute atomic E-state index is 12.6. The van der Waals surface area contributed by atoms with E-state index in [1.807, 2.05) is 0 Å². The number of carbonyl (C=O) groups is 1. The van der Waals surface area contributed by atoms with Crippen molar-refractivity contribution < 1.29 is 4.79 Å². The van der Waals surface area contributed by atoms with Crippen LogP contribution in [0.25, 0.3) is 0 Å². The number of hydrogen-bond acceptors (Lipinski definition) is 5. The second-order valence-electron chi connectivity index (χ2n) is 9.00. The molecule has 0 spiro atoms. The van der Waals surface area contributed by atoms with Gasteiger partial charge in [0.25, 0.3) is 0 Å².